The highest BCUT2D eigenvalue weighted by molar-refractivity contribution is 5.88. The smallest absolute Gasteiger partial charge is 0.243 e. The molecule has 3 nitrogen and oxygen atoms in total. The maximum atomic E-state index is 12.3. The summed E-state index contributed by atoms with van der Waals surface area (Å²) in [7, 11) is 1.88. The lowest BCUT2D eigenvalue weighted by Gasteiger charge is -2.22. The van der Waals surface area contributed by atoms with E-state index in [1.165, 1.54) is 16.7 Å². The number of amides is 1. The molecule has 1 amide bonds. The molecule has 2 atom stereocenters. The third-order valence-electron chi connectivity index (χ3n) is 4.07. The van der Waals surface area contributed by atoms with Crippen molar-refractivity contribution in [3.63, 3.8) is 0 Å². The Kier molecular flexibility index (Phi) is 3.20. The van der Waals surface area contributed by atoms with Gasteiger partial charge in [-0.05, 0) is 38.3 Å². The number of rotatable bonds is 2. The largest absolute Gasteiger partial charge is 0.324 e. The van der Waals surface area contributed by atoms with Gasteiger partial charge in [-0.25, -0.2) is 0 Å². The van der Waals surface area contributed by atoms with Gasteiger partial charge in [-0.15, -0.1) is 0 Å². The first-order chi connectivity index (χ1) is 8.39. The summed E-state index contributed by atoms with van der Waals surface area (Å²) in [6.45, 7) is 8.20. The second-order valence-electron chi connectivity index (χ2n) is 5.51. The summed E-state index contributed by atoms with van der Waals surface area (Å²) in [4.78, 5) is 14.1. The van der Waals surface area contributed by atoms with Gasteiger partial charge in [0.05, 0.1) is 5.54 Å². The number of hydrogen-bond donors (Lipinski definition) is 1. The predicted octanol–water partition coefficient (Wildman–Crippen LogP) is 2.53. The van der Waals surface area contributed by atoms with Crippen LogP contribution >= 0.6 is 0 Å². The van der Waals surface area contributed by atoms with Crippen LogP contribution in [0.25, 0.3) is 0 Å². The number of nitrogens with one attached hydrogen (secondary N) is 1. The molecule has 0 aromatic heterocycles. The summed E-state index contributed by atoms with van der Waals surface area (Å²) in [6.07, 6.45) is 0.791. The molecule has 1 heterocycles. The minimum Gasteiger partial charge on any atom is -0.324 e. The Hall–Kier alpha value is -1.35. The Bertz CT molecular complexity index is 483. The molecule has 1 saturated heterocycles. The lowest BCUT2D eigenvalue weighted by Crippen LogP contribution is -2.42. The van der Waals surface area contributed by atoms with E-state index in [0.717, 1.165) is 6.42 Å². The fourth-order valence-corrected chi connectivity index (χ4v) is 2.56. The summed E-state index contributed by atoms with van der Waals surface area (Å²) in [5.41, 5.74) is 3.21. The van der Waals surface area contributed by atoms with Crippen molar-refractivity contribution < 1.29 is 4.79 Å². The average molecular weight is 246 g/mol. The van der Waals surface area contributed by atoms with Crippen molar-refractivity contribution in [2.24, 2.45) is 0 Å². The Morgan fingerprint density at radius 2 is 2.06 bits per heavy atom. The van der Waals surface area contributed by atoms with Gasteiger partial charge in [0, 0.05) is 7.05 Å². The predicted molar refractivity (Wildman–Crippen MR) is 73.3 cm³/mol. The second kappa shape index (κ2) is 4.39. The van der Waals surface area contributed by atoms with Crippen LogP contribution in [0.5, 0.6) is 0 Å². The molecule has 3 heteroatoms. The topological polar surface area (TPSA) is 32.3 Å². The van der Waals surface area contributed by atoms with Crippen LogP contribution < -0.4 is 5.32 Å². The maximum absolute atomic E-state index is 12.3. The Morgan fingerprint density at radius 1 is 1.39 bits per heavy atom. The zero-order valence-corrected chi connectivity index (χ0v) is 11.9. The van der Waals surface area contributed by atoms with E-state index < -0.39 is 5.54 Å². The van der Waals surface area contributed by atoms with Crippen molar-refractivity contribution in [3.05, 3.63) is 34.9 Å². The maximum Gasteiger partial charge on any atom is 0.243 e. The van der Waals surface area contributed by atoms with Crippen molar-refractivity contribution in [2.75, 3.05) is 7.05 Å². The van der Waals surface area contributed by atoms with Gasteiger partial charge in [-0.3, -0.25) is 10.1 Å². The average Bonchev–Trinajstić information content (AvgIpc) is 2.58. The van der Waals surface area contributed by atoms with Crippen molar-refractivity contribution in [3.8, 4) is 0 Å². The Balaban J connectivity index is 2.41. The van der Waals surface area contributed by atoms with Gasteiger partial charge >= 0.3 is 0 Å². The summed E-state index contributed by atoms with van der Waals surface area (Å²) < 4.78 is 0. The fourth-order valence-electron chi connectivity index (χ4n) is 2.56. The highest BCUT2D eigenvalue weighted by Crippen LogP contribution is 2.32. The lowest BCUT2D eigenvalue weighted by atomic mass is 9.99. The van der Waals surface area contributed by atoms with Crippen LogP contribution in [-0.4, -0.2) is 23.4 Å². The monoisotopic (exact) mass is 246 g/mol. The number of nitrogens with zero attached hydrogens (tertiary/aromatic N) is 1. The lowest BCUT2D eigenvalue weighted by molar-refractivity contribution is -0.131. The van der Waals surface area contributed by atoms with Crippen LogP contribution in [-0.2, 0) is 4.79 Å². The number of hydrogen-bond acceptors (Lipinski definition) is 2. The third kappa shape index (κ3) is 1.93. The van der Waals surface area contributed by atoms with E-state index in [1.54, 1.807) is 0 Å². The van der Waals surface area contributed by atoms with Crippen molar-refractivity contribution in [1.29, 1.82) is 0 Å². The molecule has 2 unspecified atom stereocenters. The van der Waals surface area contributed by atoms with E-state index in [9.17, 15) is 4.79 Å². The molecular weight excluding hydrogens is 224 g/mol. The number of aryl methyl sites for hydroxylation is 2. The first kappa shape index (κ1) is 13.1. The summed E-state index contributed by atoms with van der Waals surface area (Å²) >= 11 is 0. The molecule has 0 bridgehead atoms. The molecule has 1 fully saturated rings. The van der Waals surface area contributed by atoms with E-state index in [-0.39, 0.29) is 12.1 Å². The molecule has 1 aromatic rings. The quantitative estimate of drug-likeness (QED) is 0.869. The van der Waals surface area contributed by atoms with Crippen LogP contribution in [0, 0.1) is 13.8 Å². The highest BCUT2D eigenvalue weighted by Gasteiger charge is 2.45. The van der Waals surface area contributed by atoms with Crippen LogP contribution in [0.3, 0.4) is 0 Å². The molecule has 18 heavy (non-hydrogen) atoms. The van der Waals surface area contributed by atoms with Crippen molar-refractivity contribution in [1.82, 2.24) is 10.2 Å². The zero-order valence-electron chi connectivity index (χ0n) is 11.9. The summed E-state index contributed by atoms with van der Waals surface area (Å²) in [5, 5.41) is 3.48. The number of likely N-dealkylation sites (N-methyl/N-ethyl adjacent to an activating group) is 1. The fraction of sp³-hybridized carbons (Fsp3) is 0.533. The van der Waals surface area contributed by atoms with Crippen LogP contribution in [0.15, 0.2) is 18.2 Å². The second-order valence-corrected chi connectivity index (χ2v) is 5.51. The molecule has 1 aliphatic rings. The molecular formula is C15H22N2O. The van der Waals surface area contributed by atoms with Gasteiger partial charge in [-0.2, -0.15) is 0 Å². The van der Waals surface area contributed by atoms with Gasteiger partial charge in [0.15, 0.2) is 0 Å². The zero-order chi connectivity index (χ0) is 13.5. The highest BCUT2D eigenvalue weighted by atomic mass is 16.2. The molecule has 2 rings (SSSR count). The molecule has 1 N–H and O–H groups in total. The minimum absolute atomic E-state index is 0.0117. The van der Waals surface area contributed by atoms with Crippen molar-refractivity contribution in [2.45, 2.75) is 45.8 Å². The molecule has 1 aromatic carbocycles. The van der Waals surface area contributed by atoms with Crippen LogP contribution in [0.4, 0.5) is 0 Å². The molecule has 1 aliphatic heterocycles. The van der Waals surface area contributed by atoms with Gasteiger partial charge in [0.25, 0.3) is 0 Å². The van der Waals surface area contributed by atoms with Crippen LogP contribution in [0.2, 0.25) is 0 Å². The van der Waals surface area contributed by atoms with Crippen LogP contribution in [0.1, 0.15) is 43.1 Å². The SMILES string of the molecule is CCC1(C)NC(c2cc(C)ccc2C)N(C)C1=O. The minimum atomic E-state index is -0.435. The summed E-state index contributed by atoms with van der Waals surface area (Å²) in [6, 6.07) is 6.39. The Morgan fingerprint density at radius 3 is 2.61 bits per heavy atom. The standard InChI is InChI=1S/C15H22N2O/c1-6-15(4)14(18)17(5)13(16-15)12-9-10(2)7-8-11(12)3/h7-9,13,16H,6H2,1-5H3. The first-order valence-corrected chi connectivity index (χ1v) is 6.51. The molecule has 98 valence electrons. The van der Waals surface area contributed by atoms with Crippen molar-refractivity contribution >= 4 is 5.91 Å². The van der Waals surface area contributed by atoms with Gasteiger partial charge in [0.1, 0.15) is 6.17 Å². The normalized spacial score (nSPS) is 27.9. The number of benzene rings is 1. The third-order valence-corrected chi connectivity index (χ3v) is 4.07. The van der Waals surface area contributed by atoms with E-state index in [0.29, 0.717) is 0 Å². The first-order valence-electron chi connectivity index (χ1n) is 6.51. The Labute approximate surface area is 109 Å². The van der Waals surface area contributed by atoms with E-state index >= 15 is 0 Å². The van der Waals surface area contributed by atoms with E-state index in [1.807, 2.05) is 25.8 Å². The van der Waals surface area contributed by atoms with Gasteiger partial charge < -0.3 is 4.90 Å². The number of carbonyl (C=O) groups is 1. The summed E-state index contributed by atoms with van der Waals surface area (Å²) in [5.74, 6) is 0.177. The van der Waals surface area contributed by atoms with Gasteiger partial charge in [-0.1, -0.05) is 30.7 Å². The van der Waals surface area contributed by atoms with Gasteiger partial charge in [0.2, 0.25) is 5.91 Å². The molecule has 0 spiro atoms. The molecule has 0 aliphatic carbocycles. The van der Waals surface area contributed by atoms with E-state index in [4.69, 9.17) is 0 Å². The molecule has 0 saturated carbocycles. The number of carbonyl (C=O) groups excluding carboxylic acids is 1. The van der Waals surface area contributed by atoms with E-state index in [2.05, 4.69) is 37.4 Å². The molecule has 0 radical (unpaired) electrons.